The molecule has 0 spiro atoms. The fourth-order valence-corrected chi connectivity index (χ4v) is 4.66. The summed E-state index contributed by atoms with van der Waals surface area (Å²) in [5.74, 6) is -2.85. The zero-order chi connectivity index (χ0) is 29.9. The molecule has 2 aliphatic rings. The Kier molecular flexibility index (Phi) is 10.7. The normalized spacial score (nSPS) is 36.2. The summed E-state index contributed by atoms with van der Waals surface area (Å²) in [5.41, 5.74) is -1.74. The summed E-state index contributed by atoms with van der Waals surface area (Å²) >= 11 is 0. The first-order valence-electron chi connectivity index (χ1n) is 13.7. The molecule has 1 saturated heterocycles. The quantitative estimate of drug-likeness (QED) is 0.152. The highest BCUT2D eigenvalue weighted by atomic mass is 16.7. The van der Waals surface area contributed by atoms with Crippen LogP contribution in [0.3, 0.4) is 0 Å². The fourth-order valence-electron chi connectivity index (χ4n) is 4.66. The second-order valence-electron chi connectivity index (χ2n) is 11.3. The predicted octanol–water partition coefficient (Wildman–Crippen LogP) is 3.96. The number of rotatable bonds is 8. The van der Waals surface area contributed by atoms with E-state index in [1.165, 1.54) is 6.92 Å². The third-order valence-electron chi connectivity index (χ3n) is 8.36. The third-order valence-corrected chi connectivity index (χ3v) is 8.36. The van der Waals surface area contributed by atoms with Gasteiger partial charge in [0, 0.05) is 23.5 Å². The lowest BCUT2D eigenvalue weighted by atomic mass is 9.75. The molecule has 2 N–H and O–H groups in total. The van der Waals surface area contributed by atoms with Crippen LogP contribution < -0.4 is 0 Å². The molecule has 1 aliphatic heterocycles. The lowest BCUT2D eigenvalue weighted by molar-refractivity contribution is -0.189. The largest absolute Gasteiger partial charge is 0.457 e. The molecule has 0 aromatic rings. The number of allylic oxidation sites excluding steroid dienone is 2. The Balaban J connectivity index is 2.65. The molecular weight excluding hydrogens is 504 g/mol. The highest BCUT2D eigenvalue weighted by molar-refractivity contribution is 5.88. The van der Waals surface area contributed by atoms with Gasteiger partial charge < -0.3 is 29.2 Å². The highest BCUT2D eigenvalue weighted by Crippen LogP contribution is 2.50. The van der Waals surface area contributed by atoms with Crippen molar-refractivity contribution in [3.63, 3.8) is 0 Å². The van der Waals surface area contributed by atoms with Crippen LogP contribution in [-0.4, -0.2) is 69.8 Å². The van der Waals surface area contributed by atoms with E-state index >= 15 is 0 Å². The van der Waals surface area contributed by atoms with Gasteiger partial charge in [-0.05, 0) is 61.3 Å². The monoisotopic (exact) mass is 550 g/mol. The molecule has 0 aromatic carbocycles. The molecule has 9 unspecified atom stereocenters. The number of aliphatic hydroxyl groups is 2. The molecule has 0 bridgehead atoms. The van der Waals surface area contributed by atoms with Crippen molar-refractivity contribution in [2.45, 2.75) is 123 Å². The van der Waals surface area contributed by atoms with E-state index in [0.717, 1.165) is 0 Å². The Bertz CT molecular complexity index is 1010. The van der Waals surface area contributed by atoms with Crippen molar-refractivity contribution in [2.24, 2.45) is 11.8 Å². The minimum absolute atomic E-state index is 0.0176. The van der Waals surface area contributed by atoms with Gasteiger partial charge in [0.15, 0.2) is 6.10 Å². The molecule has 39 heavy (non-hydrogen) atoms. The maximum Gasteiger partial charge on any atom is 0.333 e. The molecule has 0 aromatic heterocycles. The third kappa shape index (κ3) is 7.18. The van der Waals surface area contributed by atoms with Crippen molar-refractivity contribution in [3.8, 4) is 0 Å². The summed E-state index contributed by atoms with van der Waals surface area (Å²) in [6.45, 7) is 19.2. The minimum atomic E-state index is -1.87. The maximum absolute atomic E-state index is 13.1. The number of hydrogen-bond donors (Lipinski definition) is 2. The Morgan fingerprint density at radius 2 is 1.56 bits per heavy atom. The van der Waals surface area contributed by atoms with Crippen LogP contribution in [0.5, 0.6) is 0 Å². The molecule has 2 fully saturated rings. The first-order valence-corrected chi connectivity index (χ1v) is 13.7. The molecule has 1 saturated carbocycles. The van der Waals surface area contributed by atoms with Gasteiger partial charge >= 0.3 is 17.9 Å². The van der Waals surface area contributed by atoms with Crippen LogP contribution in [0, 0.1) is 11.8 Å². The van der Waals surface area contributed by atoms with Crippen LogP contribution in [0.1, 0.15) is 81.6 Å². The van der Waals surface area contributed by atoms with E-state index in [9.17, 15) is 24.6 Å². The van der Waals surface area contributed by atoms with Gasteiger partial charge in [0.2, 0.25) is 0 Å². The van der Waals surface area contributed by atoms with Crippen molar-refractivity contribution >= 4 is 17.9 Å². The first kappa shape index (κ1) is 32.7. The van der Waals surface area contributed by atoms with E-state index in [-0.39, 0.29) is 12.8 Å². The molecule has 0 amide bonds. The van der Waals surface area contributed by atoms with Crippen molar-refractivity contribution in [1.82, 2.24) is 0 Å². The number of hydrogen-bond acceptors (Lipinski definition) is 9. The Labute approximate surface area is 232 Å². The van der Waals surface area contributed by atoms with E-state index < -0.39 is 71.5 Å². The van der Waals surface area contributed by atoms with Crippen LogP contribution >= 0.6 is 0 Å². The molecule has 9 atom stereocenters. The topological polar surface area (TPSA) is 132 Å². The summed E-state index contributed by atoms with van der Waals surface area (Å²) in [5, 5.41) is 22.9. The van der Waals surface area contributed by atoms with Gasteiger partial charge in [-0.3, -0.25) is 4.79 Å². The molecule has 2 rings (SSSR count). The van der Waals surface area contributed by atoms with Crippen LogP contribution in [0.15, 0.2) is 35.5 Å². The van der Waals surface area contributed by atoms with E-state index in [0.29, 0.717) is 23.1 Å². The summed E-state index contributed by atoms with van der Waals surface area (Å²) in [4.78, 5) is 38.7. The lowest BCUT2D eigenvalue weighted by Crippen LogP contribution is -2.57. The standard InChI is InChI=1S/C30H46O9/c1-11-17(6)26(32)36-22-15-23-30(10,39-23)25(38-28(34)19(8)13-3)24(37-27(33)18(7)12-2)20(16(4)5)14-21(31)29(22,9)35/h11,13,18,20-25,31,35H,4,12,14-15H2,1-3,5-10H3. The zero-order valence-corrected chi connectivity index (χ0v) is 24.8. The molecule has 9 heteroatoms. The smallest absolute Gasteiger partial charge is 0.333 e. The minimum Gasteiger partial charge on any atom is -0.457 e. The average Bonchev–Trinajstić information content (AvgIpc) is 3.55. The Morgan fingerprint density at radius 3 is 2.05 bits per heavy atom. The molecule has 9 nitrogen and oxygen atoms in total. The summed E-state index contributed by atoms with van der Waals surface area (Å²) < 4.78 is 23.8. The number of fused-ring (bicyclic) bond motifs is 1. The molecule has 220 valence electrons. The average molecular weight is 551 g/mol. The molecule has 1 aliphatic carbocycles. The van der Waals surface area contributed by atoms with Crippen molar-refractivity contribution in [3.05, 3.63) is 35.5 Å². The van der Waals surface area contributed by atoms with E-state index in [4.69, 9.17) is 18.9 Å². The van der Waals surface area contributed by atoms with Crippen LogP contribution in [0.2, 0.25) is 0 Å². The van der Waals surface area contributed by atoms with E-state index in [2.05, 4.69) is 6.58 Å². The van der Waals surface area contributed by atoms with Crippen LogP contribution in [0.4, 0.5) is 0 Å². The second kappa shape index (κ2) is 12.8. The van der Waals surface area contributed by atoms with Gasteiger partial charge in [-0.15, -0.1) is 0 Å². The number of epoxide rings is 1. The van der Waals surface area contributed by atoms with Crippen molar-refractivity contribution in [2.75, 3.05) is 0 Å². The Morgan fingerprint density at radius 1 is 1.03 bits per heavy atom. The number of esters is 3. The van der Waals surface area contributed by atoms with Crippen molar-refractivity contribution < 1.29 is 43.5 Å². The maximum atomic E-state index is 13.1. The molecular formula is C30H46O9. The van der Waals surface area contributed by atoms with E-state index in [1.807, 2.05) is 6.92 Å². The zero-order valence-electron chi connectivity index (χ0n) is 24.8. The van der Waals surface area contributed by atoms with E-state index in [1.54, 1.807) is 60.6 Å². The lowest BCUT2D eigenvalue weighted by Gasteiger charge is -2.42. The SMILES string of the molecule is C=C(C)C1CC(O)C(C)(O)C(OC(=O)C(C)=CC)CC2OC2(C)C(OC(=O)C(C)=CC)C1OC(=O)C(C)CC. The van der Waals surface area contributed by atoms with Gasteiger partial charge in [-0.2, -0.15) is 0 Å². The van der Waals surface area contributed by atoms with Gasteiger partial charge in [-0.1, -0.05) is 38.2 Å². The van der Waals surface area contributed by atoms with Gasteiger partial charge in [-0.25, -0.2) is 9.59 Å². The fraction of sp³-hybridized carbons (Fsp3) is 0.700. The number of aliphatic hydroxyl groups excluding tert-OH is 1. The number of ether oxygens (including phenoxy) is 4. The second-order valence-corrected chi connectivity index (χ2v) is 11.3. The molecule has 0 radical (unpaired) electrons. The number of carbonyl (C=O) groups excluding carboxylic acids is 3. The highest BCUT2D eigenvalue weighted by Gasteiger charge is 2.66. The van der Waals surface area contributed by atoms with Crippen LogP contribution in [-0.2, 0) is 33.3 Å². The van der Waals surface area contributed by atoms with Gasteiger partial charge in [0.1, 0.15) is 23.4 Å². The first-order chi connectivity index (χ1) is 18.0. The summed E-state index contributed by atoms with van der Waals surface area (Å²) in [6.07, 6.45) is -1.64. The van der Waals surface area contributed by atoms with Crippen LogP contribution in [0.25, 0.3) is 0 Å². The predicted molar refractivity (Wildman–Crippen MR) is 145 cm³/mol. The number of carbonyl (C=O) groups is 3. The van der Waals surface area contributed by atoms with Crippen molar-refractivity contribution in [1.29, 1.82) is 0 Å². The summed E-state index contributed by atoms with van der Waals surface area (Å²) in [6, 6.07) is 0. The summed E-state index contributed by atoms with van der Waals surface area (Å²) in [7, 11) is 0. The van der Waals surface area contributed by atoms with Gasteiger partial charge in [0.25, 0.3) is 0 Å². The van der Waals surface area contributed by atoms with Gasteiger partial charge in [0.05, 0.1) is 18.1 Å². The molecule has 1 heterocycles. The Hall–Kier alpha value is -2.49.